The first-order valence-corrected chi connectivity index (χ1v) is 10.9. The van der Waals surface area contributed by atoms with Crippen LogP contribution in [0.15, 0.2) is 48.5 Å². The fourth-order valence-corrected chi connectivity index (χ4v) is 4.24. The number of aromatic nitrogens is 2. The molecule has 6 nitrogen and oxygen atoms in total. The van der Waals surface area contributed by atoms with E-state index in [1.807, 2.05) is 55.1 Å². The Labute approximate surface area is 188 Å². The Bertz CT molecular complexity index is 1090. The van der Waals surface area contributed by atoms with E-state index in [2.05, 4.69) is 4.90 Å². The molecule has 1 aromatic heterocycles. The highest BCUT2D eigenvalue weighted by molar-refractivity contribution is 5.75. The lowest BCUT2D eigenvalue weighted by Crippen LogP contribution is -2.32. The smallest absolute Gasteiger partial charge is 0.222 e. The Morgan fingerprint density at radius 3 is 2.66 bits per heavy atom. The fraction of sp³-hybridized carbons (Fsp3) is 0.360. The molecule has 0 saturated carbocycles. The molecule has 2 heterocycles. The van der Waals surface area contributed by atoms with Gasteiger partial charge in [0.1, 0.15) is 17.3 Å². The summed E-state index contributed by atoms with van der Waals surface area (Å²) in [5, 5.41) is 4.95. The van der Waals surface area contributed by atoms with E-state index in [1.54, 1.807) is 12.0 Å². The number of hydrogen-bond donors (Lipinski definition) is 0. The van der Waals surface area contributed by atoms with E-state index in [1.165, 1.54) is 12.1 Å². The molecule has 0 radical (unpaired) electrons. The van der Waals surface area contributed by atoms with Crippen LogP contribution in [0.2, 0.25) is 0 Å². The van der Waals surface area contributed by atoms with Crippen LogP contribution in [0.3, 0.4) is 0 Å². The molecule has 3 aromatic rings. The summed E-state index contributed by atoms with van der Waals surface area (Å²) in [6.07, 6.45) is 1.29. The van der Waals surface area contributed by atoms with Gasteiger partial charge in [-0.1, -0.05) is 31.2 Å². The minimum Gasteiger partial charge on any atom is -0.494 e. The first kappa shape index (κ1) is 22.0. The van der Waals surface area contributed by atoms with Crippen molar-refractivity contribution in [2.24, 2.45) is 0 Å². The number of rotatable bonds is 7. The number of carbonyl (C=O) groups excluding carboxylic acids is 1. The minimum absolute atomic E-state index is 0.0876. The lowest BCUT2D eigenvalue weighted by Gasteiger charge is -2.28. The first-order chi connectivity index (χ1) is 15.5. The van der Waals surface area contributed by atoms with Gasteiger partial charge in [0.25, 0.3) is 0 Å². The number of methoxy groups -OCH3 is 1. The maximum Gasteiger partial charge on any atom is 0.222 e. The van der Waals surface area contributed by atoms with Crippen LogP contribution in [-0.4, -0.2) is 46.2 Å². The topological polar surface area (TPSA) is 50.6 Å². The molecule has 1 amide bonds. The Morgan fingerprint density at radius 2 is 1.94 bits per heavy atom. The maximum absolute atomic E-state index is 13.3. The number of hydrogen-bond acceptors (Lipinski definition) is 4. The zero-order valence-corrected chi connectivity index (χ0v) is 18.8. The predicted molar refractivity (Wildman–Crippen MR) is 121 cm³/mol. The molecular weight excluding hydrogens is 407 g/mol. The monoisotopic (exact) mass is 436 g/mol. The fourth-order valence-electron chi connectivity index (χ4n) is 4.24. The van der Waals surface area contributed by atoms with Gasteiger partial charge in [-0.2, -0.15) is 5.10 Å². The molecule has 0 bridgehead atoms. The van der Waals surface area contributed by atoms with E-state index in [9.17, 15) is 9.18 Å². The van der Waals surface area contributed by atoms with Gasteiger partial charge >= 0.3 is 0 Å². The predicted octanol–water partition coefficient (Wildman–Crippen LogP) is 3.95. The molecular formula is C25H29FN4O2. The van der Waals surface area contributed by atoms with Crippen LogP contribution in [0.5, 0.6) is 5.75 Å². The third-order valence-electron chi connectivity index (χ3n) is 5.97. The summed E-state index contributed by atoms with van der Waals surface area (Å²) in [6, 6.07) is 14.5. The van der Waals surface area contributed by atoms with Crippen molar-refractivity contribution in [3.05, 3.63) is 76.9 Å². The Kier molecular flexibility index (Phi) is 6.55. The maximum atomic E-state index is 13.3. The second kappa shape index (κ2) is 9.53. The van der Waals surface area contributed by atoms with E-state index >= 15 is 0 Å². The highest BCUT2D eigenvalue weighted by Crippen LogP contribution is 2.30. The van der Waals surface area contributed by atoms with Crippen LogP contribution >= 0.6 is 0 Å². The minimum atomic E-state index is -0.223. The van der Waals surface area contributed by atoms with E-state index in [-0.39, 0.29) is 11.7 Å². The molecule has 0 atom stereocenters. The number of halogens is 1. The van der Waals surface area contributed by atoms with Crippen LogP contribution in [0.1, 0.15) is 35.9 Å². The number of fused-ring (bicyclic) bond motifs is 1. The van der Waals surface area contributed by atoms with Crippen LogP contribution in [0.4, 0.5) is 4.39 Å². The van der Waals surface area contributed by atoms with Crippen molar-refractivity contribution in [2.75, 3.05) is 20.7 Å². The summed E-state index contributed by atoms with van der Waals surface area (Å²) in [4.78, 5) is 16.3. The van der Waals surface area contributed by atoms with Gasteiger partial charge in [-0.25, -0.2) is 9.07 Å². The number of ether oxygens (including phenoxy) is 1. The second-order valence-corrected chi connectivity index (χ2v) is 8.15. The molecule has 168 valence electrons. The normalized spacial score (nSPS) is 13.6. The van der Waals surface area contributed by atoms with E-state index in [4.69, 9.17) is 9.84 Å². The number of nitrogens with zero attached hydrogens (tertiary/aromatic N) is 4. The number of benzene rings is 2. The largest absolute Gasteiger partial charge is 0.494 e. The van der Waals surface area contributed by atoms with Crippen molar-refractivity contribution in [2.45, 2.75) is 39.4 Å². The Balaban J connectivity index is 1.68. The summed E-state index contributed by atoms with van der Waals surface area (Å²) in [6.45, 7) is 4.66. The van der Waals surface area contributed by atoms with E-state index < -0.39 is 0 Å². The number of para-hydroxylation sites is 2. The first-order valence-electron chi connectivity index (χ1n) is 10.9. The van der Waals surface area contributed by atoms with Crippen LogP contribution < -0.4 is 4.74 Å². The van der Waals surface area contributed by atoms with Gasteiger partial charge in [-0.15, -0.1) is 0 Å². The summed E-state index contributed by atoms with van der Waals surface area (Å²) in [7, 11) is 3.48. The van der Waals surface area contributed by atoms with Crippen molar-refractivity contribution >= 4 is 5.91 Å². The van der Waals surface area contributed by atoms with Gasteiger partial charge < -0.3 is 9.64 Å². The van der Waals surface area contributed by atoms with Gasteiger partial charge in [0.15, 0.2) is 0 Å². The average Bonchev–Trinajstić information content (AvgIpc) is 3.17. The molecule has 4 rings (SSSR count). The lowest BCUT2D eigenvalue weighted by atomic mass is 10.0. The standard InChI is InChI=1S/C25H29FN4O2/c1-4-25(31)28(2)17-21-20-16-29(15-18-9-11-19(26)12-10-18)14-13-22(20)30(27-21)23-7-5-6-8-24(23)32-3/h5-12H,4,13-17H2,1-3H3. The van der Waals surface area contributed by atoms with E-state index in [0.717, 1.165) is 60.0 Å². The summed E-state index contributed by atoms with van der Waals surface area (Å²) in [5.74, 6) is 0.624. The molecule has 0 spiro atoms. The van der Waals surface area contributed by atoms with Gasteiger partial charge in [0.2, 0.25) is 5.91 Å². The van der Waals surface area contributed by atoms with Crippen molar-refractivity contribution in [1.29, 1.82) is 0 Å². The van der Waals surface area contributed by atoms with Crippen LogP contribution in [0, 0.1) is 5.82 Å². The molecule has 0 N–H and O–H groups in total. The zero-order valence-electron chi connectivity index (χ0n) is 18.8. The SMILES string of the molecule is CCC(=O)N(C)Cc1nn(-c2ccccc2OC)c2c1CN(Cc1ccc(F)cc1)CC2. The molecule has 32 heavy (non-hydrogen) atoms. The van der Waals surface area contributed by atoms with Crippen molar-refractivity contribution in [3.8, 4) is 11.4 Å². The molecule has 1 aliphatic rings. The van der Waals surface area contributed by atoms with Gasteiger partial charge in [0, 0.05) is 45.1 Å². The molecule has 7 heteroatoms. The Hall–Kier alpha value is -3.19. The molecule has 1 aliphatic heterocycles. The average molecular weight is 437 g/mol. The molecule has 2 aromatic carbocycles. The molecule has 0 fully saturated rings. The Morgan fingerprint density at radius 1 is 1.19 bits per heavy atom. The summed E-state index contributed by atoms with van der Waals surface area (Å²) in [5.41, 5.74) is 5.18. The van der Waals surface area contributed by atoms with Gasteiger partial charge in [-0.3, -0.25) is 9.69 Å². The quantitative estimate of drug-likeness (QED) is 0.563. The van der Waals surface area contributed by atoms with Crippen LogP contribution in [0.25, 0.3) is 5.69 Å². The highest BCUT2D eigenvalue weighted by Gasteiger charge is 2.27. The highest BCUT2D eigenvalue weighted by atomic mass is 19.1. The van der Waals surface area contributed by atoms with E-state index in [0.29, 0.717) is 13.0 Å². The van der Waals surface area contributed by atoms with Gasteiger partial charge in [0.05, 0.1) is 25.0 Å². The summed E-state index contributed by atoms with van der Waals surface area (Å²) < 4.78 is 20.8. The molecule has 0 unspecified atom stereocenters. The molecule has 0 saturated heterocycles. The number of amides is 1. The number of carbonyl (C=O) groups is 1. The van der Waals surface area contributed by atoms with Crippen LogP contribution in [-0.2, 0) is 30.8 Å². The zero-order chi connectivity index (χ0) is 22.7. The third kappa shape index (κ3) is 4.53. The molecule has 0 aliphatic carbocycles. The lowest BCUT2D eigenvalue weighted by molar-refractivity contribution is -0.130. The third-order valence-corrected chi connectivity index (χ3v) is 5.97. The summed E-state index contributed by atoms with van der Waals surface area (Å²) >= 11 is 0. The second-order valence-electron chi connectivity index (χ2n) is 8.15. The van der Waals surface area contributed by atoms with Gasteiger partial charge in [-0.05, 0) is 29.8 Å². The van der Waals surface area contributed by atoms with Crippen molar-refractivity contribution in [3.63, 3.8) is 0 Å². The van der Waals surface area contributed by atoms with Crippen molar-refractivity contribution < 1.29 is 13.9 Å². The van der Waals surface area contributed by atoms with Crippen molar-refractivity contribution in [1.82, 2.24) is 19.6 Å².